The second kappa shape index (κ2) is 7.51. The molecule has 0 unspecified atom stereocenters. The largest absolute Gasteiger partial charge is 0.350 e. The van der Waals surface area contributed by atoms with E-state index in [1.54, 1.807) is 11.8 Å². The van der Waals surface area contributed by atoms with Gasteiger partial charge in [0.15, 0.2) is 0 Å². The number of benzene rings is 2. The van der Waals surface area contributed by atoms with Crippen LogP contribution in [0.1, 0.15) is 36.5 Å². The minimum Gasteiger partial charge on any atom is -0.350 e. The van der Waals surface area contributed by atoms with Crippen molar-refractivity contribution in [3.05, 3.63) is 65.2 Å². The molecule has 2 amide bonds. The van der Waals surface area contributed by atoms with E-state index in [1.165, 1.54) is 0 Å². The van der Waals surface area contributed by atoms with E-state index in [0.717, 1.165) is 35.2 Å². The van der Waals surface area contributed by atoms with Crippen LogP contribution in [0.3, 0.4) is 0 Å². The fourth-order valence-corrected chi connectivity index (χ4v) is 3.32. The molecule has 25 heavy (non-hydrogen) atoms. The van der Waals surface area contributed by atoms with Gasteiger partial charge in [0.25, 0.3) is 0 Å². The summed E-state index contributed by atoms with van der Waals surface area (Å²) in [6, 6.07) is 15.3. The summed E-state index contributed by atoms with van der Waals surface area (Å²) in [5.41, 5.74) is 4.23. The number of para-hydroxylation sites is 1. The number of fused-ring (bicyclic) bond motifs is 1. The predicted octanol–water partition coefficient (Wildman–Crippen LogP) is 3.37. The summed E-state index contributed by atoms with van der Waals surface area (Å²) >= 11 is 0. The van der Waals surface area contributed by atoms with Gasteiger partial charge in [-0.3, -0.25) is 14.5 Å². The number of hydrogen-bond donors (Lipinski definition) is 1. The predicted molar refractivity (Wildman–Crippen MR) is 99.4 cm³/mol. The summed E-state index contributed by atoms with van der Waals surface area (Å²) in [5.74, 6) is -0.114. The van der Waals surface area contributed by atoms with Gasteiger partial charge in [-0.25, -0.2) is 0 Å². The summed E-state index contributed by atoms with van der Waals surface area (Å²) in [5, 5.41) is 2.98. The highest BCUT2D eigenvalue weighted by Crippen LogP contribution is 2.28. The van der Waals surface area contributed by atoms with E-state index in [-0.39, 0.29) is 11.8 Å². The molecule has 2 aromatic carbocycles. The number of anilines is 1. The first-order valence-electron chi connectivity index (χ1n) is 8.80. The zero-order valence-corrected chi connectivity index (χ0v) is 14.8. The molecule has 1 aliphatic heterocycles. The van der Waals surface area contributed by atoms with E-state index in [0.29, 0.717) is 13.0 Å². The molecule has 1 heterocycles. The first-order valence-corrected chi connectivity index (χ1v) is 8.80. The van der Waals surface area contributed by atoms with Crippen molar-refractivity contribution in [1.29, 1.82) is 0 Å². The molecule has 1 aliphatic rings. The summed E-state index contributed by atoms with van der Waals surface area (Å²) in [7, 11) is 0. The number of rotatable bonds is 4. The Labute approximate surface area is 148 Å². The fourth-order valence-electron chi connectivity index (χ4n) is 3.32. The summed E-state index contributed by atoms with van der Waals surface area (Å²) in [6.07, 6.45) is 2.17. The lowest BCUT2D eigenvalue weighted by Crippen LogP contribution is -2.48. The minimum absolute atomic E-state index is 0.0171. The molecular formula is C21H24N2O2. The van der Waals surface area contributed by atoms with Crippen LogP contribution in [0.25, 0.3) is 0 Å². The normalized spacial score (nSPS) is 15.3. The van der Waals surface area contributed by atoms with Crippen molar-refractivity contribution in [3.8, 4) is 0 Å². The van der Waals surface area contributed by atoms with E-state index < -0.39 is 6.04 Å². The molecule has 4 nitrogen and oxygen atoms in total. The van der Waals surface area contributed by atoms with Gasteiger partial charge in [-0.15, -0.1) is 0 Å². The smallest absolute Gasteiger partial charge is 0.243 e. The molecular weight excluding hydrogens is 312 g/mol. The second-order valence-corrected chi connectivity index (χ2v) is 6.57. The molecule has 1 atom stereocenters. The Kier molecular flexibility index (Phi) is 5.17. The SMILES string of the molecule is Cc1ccccc1CNC(=O)[C@@H](C)N1C(=O)CCCc2ccccc21. The zero-order chi connectivity index (χ0) is 17.8. The van der Waals surface area contributed by atoms with E-state index in [1.807, 2.05) is 55.5 Å². The van der Waals surface area contributed by atoms with Crippen molar-refractivity contribution in [2.45, 2.75) is 45.7 Å². The third-order valence-electron chi connectivity index (χ3n) is 4.84. The van der Waals surface area contributed by atoms with Gasteiger partial charge in [-0.05, 0) is 49.4 Å². The maximum absolute atomic E-state index is 12.7. The Balaban J connectivity index is 1.77. The summed E-state index contributed by atoms with van der Waals surface area (Å²) in [4.78, 5) is 26.9. The summed E-state index contributed by atoms with van der Waals surface area (Å²) < 4.78 is 0. The third kappa shape index (κ3) is 3.73. The Hall–Kier alpha value is -2.62. The maximum atomic E-state index is 12.7. The highest BCUT2D eigenvalue weighted by molar-refractivity contribution is 6.01. The van der Waals surface area contributed by atoms with Gasteiger partial charge in [0.2, 0.25) is 11.8 Å². The molecule has 3 rings (SSSR count). The lowest BCUT2D eigenvalue weighted by atomic mass is 10.1. The van der Waals surface area contributed by atoms with Crippen molar-refractivity contribution in [1.82, 2.24) is 5.32 Å². The molecule has 0 aromatic heterocycles. The molecule has 0 aliphatic carbocycles. The number of carbonyl (C=O) groups excluding carboxylic acids is 2. The average Bonchev–Trinajstić information content (AvgIpc) is 2.78. The second-order valence-electron chi connectivity index (χ2n) is 6.57. The molecule has 1 N–H and O–H groups in total. The standard InChI is InChI=1S/C21H24N2O2/c1-15-8-3-4-10-18(15)14-22-21(25)16(2)23-19-12-6-5-9-17(19)11-7-13-20(23)24/h3-6,8-10,12,16H,7,11,13-14H2,1-2H3,(H,22,25)/t16-/m1/s1. The number of nitrogens with one attached hydrogen (secondary N) is 1. The molecule has 0 saturated carbocycles. The van der Waals surface area contributed by atoms with E-state index in [4.69, 9.17) is 0 Å². The van der Waals surface area contributed by atoms with Crippen LogP contribution < -0.4 is 10.2 Å². The molecule has 0 radical (unpaired) electrons. The van der Waals surface area contributed by atoms with Crippen LogP contribution in [0.15, 0.2) is 48.5 Å². The molecule has 2 aromatic rings. The van der Waals surface area contributed by atoms with Crippen LogP contribution in [0.4, 0.5) is 5.69 Å². The van der Waals surface area contributed by atoms with Crippen molar-refractivity contribution in [2.24, 2.45) is 0 Å². The van der Waals surface area contributed by atoms with Crippen molar-refractivity contribution >= 4 is 17.5 Å². The maximum Gasteiger partial charge on any atom is 0.243 e. The monoisotopic (exact) mass is 336 g/mol. The Morgan fingerprint density at radius 1 is 1.12 bits per heavy atom. The number of hydrogen-bond acceptors (Lipinski definition) is 2. The van der Waals surface area contributed by atoms with Crippen LogP contribution in [-0.4, -0.2) is 17.9 Å². The van der Waals surface area contributed by atoms with Gasteiger partial charge in [-0.2, -0.15) is 0 Å². The Morgan fingerprint density at radius 2 is 1.84 bits per heavy atom. The van der Waals surface area contributed by atoms with Crippen molar-refractivity contribution < 1.29 is 9.59 Å². The van der Waals surface area contributed by atoms with Crippen LogP contribution in [-0.2, 0) is 22.6 Å². The highest BCUT2D eigenvalue weighted by atomic mass is 16.2. The topological polar surface area (TPSA) is 49.4 Å². The molecule has 4 heteroatoms. The lowest BCUT2D eigenvalue weighted by molar-refractivity contribution is -0.126. The van der Waals surface area contributed by atoms with Gasteiger partial charge in [0.1, 0.15) is 6.04 Å². The van der Waals surface area contributed by atoms with E-state index in [9.17, 15) is 9.59 Å². The molecule has 0 spiro atoms. The minimum atomic E-state index is -0.532. The van der Waals surface area contributed by atoms with Gasteiger partial charge in [-0.1, -0.05) is 42.5 Å². The summed E-state index contributed by atoms with van der Waals surface area (Å²) in [6.45, 7) is 4.30. The highest BCUT2D eigenvalue weighted by Gasteiger charge is 2.30. The molecule has 0 saturated heterocycles. The average molecular weight is 336 g/mol. The zero-order valence-electron chi connectivity index (χ0n) is 14.8. The first kappa shape index (κ1) is 17.2. The van der Waals surface area contributed by atoms with E-state index in [2.05, 4.69) is 5.32 Å². The number of aryl methyl sites for hydroxylation is 2. The van der Waals surface area contributed by atoms with Crippen LogP contribution in [0.2, 0.25) is 0 Å². The van der Waals surface area contributed by atoms with Crippen molar-refractivity contribution in [3.63, 3.8) is 0 Å². The van der Waals surface area contributed by atoms with E-state index >= 15 is 0 Å². The van der Waals surface area contributed by atoms with Crippen LogP contribution >= 0.6 is 0 Å². The van der Waals surface area contributed by atoms with Crippen LogP contribution in [0, 0.1) is 6.92 Å². The first-order chi connectivity index (χ1) is 12.1. The van der Waals surface area contributed by atoms with Gasteiger partial charge in [0.05, 0.1) is 0 Å². The molecule has 130 valence electrons. The molecule has 0 fully saturated rings. The van der Waals surface area contributed by atoms with Gasteiger partial charge < -0.3 is 5.32 Å². The number of carbonyl (C=O) groups is 2. The van der Waals surface area contributed by atoms with Crippen LogP contribution in [0.5, 0.6) is 0 Å². The number of nitrogens with zero attached hydrogens (tertiary/aromatic N) is 1. The Morgan fingerprint density at radius 3 is 2.64 bits per heavy atom. The quantitative estimate of drug-likeness (QED) is 0.930. The van der Waals surface area contributed by atoms with Crippen molar-refractivity contribution in [2.75, 3.05) is 4.90 Å². The molecule has 0 bridgehead atoms. The van der Waals surface area contributed by atoms with Gasteiger partial charge in [0, 0.05) is 18.7 Å². The third-order valence-corrected chi connectivity index (χ3v) is 4.84. The fraction of sp³-hybridized carbons (Fsp3) is 0.333. The Bertz CT molecular complexity index is 785. The lowest BCUT2D eigenvalue weighted by Gasteiger charge is -2.29. The number of amides is 2. The van der Waals surface area contributed by atoms with Gasteiger partial charge >= 0.3 is 0 Å².